The molecule has 0 radical (unpaired) electrons. The van der Waals surface area contributed by atoms with Crippen molar-refractivity contribution >= 4 is 51.4 Å². The number of halogens is 1. The number of anilines is 4. The Labute approximate surface area is 418 Å². The second-order valence-electron chi connectivity index (χ2n) is 18.4. The van der Waals surface area contributed by atoms with Crippen LogP contribution in [0.2, 0.25) is 0 Å². The number of nitrogens with one attached hydrogen (secondary N) is 1. The number of hydrogen-bond acceptors (Lipinski definition) is 14. The first-order valence-electron chi connectivity index (χ1n) is 22.6. The molecule has 0 fully saturated rings. The highest BCUT2D eigenvalue weighted by Crippen LogP contribution is 2.20. The van der Waals surface area contributed by atoms with Gasteiger partial charge in [-0.2, -0.15) is 8.42 Å². The van der Waals surface area contributed by atoms with Gasteiger partial charge >= 0.3 is 18.3 Å². The molecule has 0 bridgehead atoms. The van der Waals surface area contributed by atoms with Crippen LogP contribution in [-0.4, -0.2) is 127 Å². The van der Waals surface area contributed by atoms with Crippen LogP contribution in [0.25, 0.3) is 0 Å². The quantitative estimate of drug-likeness (QED) is 0.0485. The Balaban J connectivity index is 0.000000393. The zero-order chi connectivity index (χ0) is 52.8. The lowest BCUT2D eigenvalue weighted by atomic mass is 10.2. The number of carbonyl (C=O) groups is 3. The normalized spacial score (nSPS) is 11.3. The number of alkyl halides is 1. The monoisotopic (exact) mass is 1000 g/mol. The molecule has 0 saturated heterocycles. The van der Waals surface area contributed by atoms with E-state index in [0.29, 0.717) is 28.5 Å². The molecule has 2 aromatic heterocycles. The summed E-state index contributed by atoms with van der Waals surface area (Å²) in [5.74, 6) is 13.0. The molecule has 0 spiro atoms. The predicted octanol–water partition coefficient (Wildman–Crippen LogP) is 8.84. The van der Waals surface area contributed by atoms with Crippen molar-refractivity contribution < 1.29 is 55.1 Å². The minimum Gasteiger partial charge on any atom is -0.443 e. The minimum absolute atomic E-state index is 0.0145. The standard InChI is InChI=1S/C29H39N3O8S.C23H28FN3O3/c1-28(2,3)39-26(33)31(7)24-14-11-22(12-15-24)9-10-23-13-16-25(30-21-23)32(27(34)40-29(4,5)6)17-18-37-19-20-38-41(8,35)36;1-23(2,3)30-22(28)27(14-16-29-15-13-24)21-12-9-19(17-26-21)6-5-18-7-10-20(25-4)11-8-18/h11-16,21H,17-20H2,1-8H3;7-12,17,25H,13-16H2,1-4H3/i;24-1. The Kier molecular flexibility index (Phi) is 22.7. The molecule has 4 aromatic rings. The molecule has 0 atom stereocenters. The number of aromatic nitrogens is 2. The third-order valence-electron chi connectivity index (χ3n) is 8.74. The SMILES string of the molecule is CN(C(=O)OC(C)(C)C)c1ccc(C#Cc2ccc(N(CCOCCOS(C)(=O)=O)C(=O)OC(C)(C)C)nc2)cc1.CNc1ccc(C#Cc2ccc(N(CCOCC[18F])C(=O)OC(C)(C)C)nc2)cc1. The molecule has 19 heteroatoms. The van der Waals surface area contributed by atoms with Gasteiger partial charge in [0.15, 0.2) is 0 Å². The molecule has 2 aromatic carbocycles. The molecule has 1 N–H and O–H groups in total. The van der Waals surface area contributed by atoms with Crippen molar-refractivity contribution in [2.45, 2.75) is 79.1 Å². The van der Waals surface area contributed by atoms with E-state index in [1.54, 1.807) is 110 Å². The molecule has 4 rings (SSSR count). The first kappa shape index (κ1) is 58.5. The highest BCUT2D eigenvalue weighted by Gasteiger charge is 2.26. The van der Waals surface area contributed by atoms with Crippen LogP contribution in [0.3, 0.4) is 0 Å². The third kappa shape index (κ3) is 23.6. The zero-order valence-electron chi connectivity index (χ0n) is 42.8. The van der Waals surface area contributed by atoms with E-state index in [-0.39, 0.29) is 46.1 Å². The Hall–Kier alpha value is -6.77. The van der Waals surface area contributed by atoms with Crippen molar-refractivity contribution in [3.8, 4) is 23.7 Å². The van der Waals surface area contributed by atoms with Crippen molar-refractivity contribution in [1.29, 1.82) is 0 Å². The lowest BCUT2D eigenvalue weighted by Gasteiger charge is -2.26. The lowest BCUT2D eigenvalue weighted by molar-refractivity contribution is 0.0543. The molecule has 17 nitrogen and oxygen atoms in total. The summed E-state index contributed by atoms with van der Waals surface area (Å²) >= 11 is 0. The van der Waals surface area contributed by atoms with Crippen molar-refractivity contribution in [2.75, 3.05) is 93.2 Å². The van der Waals surface area contributed by atoms with Gasteiger partial charge in [-0.3, -0.25) is 18.9 Å². The molecule has 384 valence electrons. The number of nitrogens with zero attached hydrogens (tertiary/aromatic N) is 5. The summed E-state index contributed by atoms with van der Waals surface area (Å²) in [6.07, 6.45) is 2.52. The van der Waals surface area contributed by atoms with E-state index in [1.807, 2.05) is 52.1 Å². The highest BCUT2D eigenvalue weighted by molar-refractivity contribution is 7.85. The molecule has 0 saturated carbocycles. The van der Waals surface area contributed by atoms with E-state index in [0.717, 1.165) is 23.1 Å². The molecule has 0 aliphatic carbocycles. The second kappa shape index (κ2) is 27.6. The first-order valence-corrected chi connectivity index (χ1v) is 24.4. The van der Waals surface area contributed by atoms with Gasteiger partial charge in [-0.15, -0.1) is 0 Å². The van der Waals surface area contributed by atoms with Crippen molar-refractivity contribution in [3.05, 3.63) is 107 Å². The minimum atomic E-state index is -3.55. The molecule has 3 amide bonds. The van der Waals surface area contributed by atoms with Crippen molar-refractivity contribution in [3.63, 3.8) is 0 Å². The smallest absolute Gasteiger partial charge is 0.416 e. The molecule has 0 unspecified atom stereocenters. The van der Waals surface area contributed by atoms with E-state index in [4.69, 9.17) is 23.7 Å². The molecule has 71 heavy (non-hydrogen) atoms. The number of pyridine rings is 2. The maximum atomic E-state index is 12.8. The number of carbonyl (C=O) groups excluding carboxylic acids is 3. The zero-order valence-corrected chi connectivity index (χ0v) is 43.6. The van der Waals surface area contributed by atoms with Crippen LogP contribution >= 0.6 is 0 Å². The van der Waals surface area contributed by atoms with Crippen LogP contribution in [0, 0.1) is 23.7 Å². The van der Waals surface area contributed by atoms with Gasteiger partial charge in [0.2, 0.25) is 0 Å². The van der Waals surface area contributed by atoms with Crippen LogP contribution in [-0.2, 0) is 38.0 Å². The Morgan fingerprint density at radius 1 is 0.577 bits per heavy atom. The number of hydrogen-bond donors (Lipinski definition) is 1. The summed E-state index contributed by atoms with van der Waals surface area (Å²) in [6.45, 7) is 16.0. The largest absolute Gasteiger partial charge is 0.443 e. The van der Waals surface area contributed by atoms with E-state index < -0.39 is 51.9 Å². The fraction of sp³-hybridized carbons (Fsp3) is 0.442. The number of ether oxygens (including phenoxy) is 5. The summed E-state index contributed by atoms with van der Waals surface area (Å²) in [7, 11) is -0.0459. The van der Waals surface area contributed by atoms with Crippen LogP contribution in [0.5, 0.6) is 0 Å². The lowest BCUT2D eigenvalue weighted by Crippen LogP contribution is -2.39. The molecule has 0 aliphatic rings. The fourth-order valence-corrected chi connectivity index (χ4v) is 5.87. The van der Waals surface area contributed by atoms with E-state index in [1.165, 1.54) is 14.7 Å². The Morgan fingerprint density at radius 2 is 0.972 bits per heavy atom. The van der Waals surface area contributed by atoms with Crippen LogP contribution in [0.4, 0.5) is 41.8 Å². The maximum Gasteiger partial charge on any atom is 0.416 e. The Bertz CT molecular complexity index is 2560. The van der Waals surface area contributed by atoms with Gasteiger partial charge in [0, 0.05) is 60.1 Å². The van der Waals surface area contributed by atoms with Crippen LogP contribution in [0.15, 0.2) is 85.2 Å². The number of benzene rings is 2. The van der Waals surface area contributed by atoms with Gasteiger partial charge < -0.3 is 29.0 Å². The van der Waals surface area contributed by atoms with Gasteiger partial charge in [-0.05, 0) is 135 Å². The van der Waals surface area contributed by atoms with Gasteiger partial charge in [0.25, 0.3) is 10.1 Å². The van der Waals surface area contributed by atoms with Crippen LogP contribution in [0.1, 0.15) is 84.6 Å². The summed E-state index contributed by atoms with van der Waals surface area (Å²) < 4.78 is 65.9. The summed E-state index contributed by atoms with van der Waals surface area (Å²) in [6, 6.07) is 21.8. The van der Waals surface area contributed by atoms with E-state index in [9.17, 15) is 27.2 Å². The van der Waals surface area contributed by atoms with Crippen molar-refractivity contribution in [1.82, 2.24) is 9.97 Å². The third-order valence-corrected chi connectivity index (χ3v) is 9.33. The van der Waals surface area contributed by atoms with Gasteiger partial charge in [0.05, 0.1) is 52.4 Å². The van der Waals surface area contributed by atoms with Gasteiger partial charge in [0.1, 0.15) is 35.1 Å². The molecular formula is C52H67FN6O11S. The number of rotatable bonds is 16. The van der Waals surface area contributed by atoms with Crippen molar-refractivity contribution in [2.24, 2.45) is 0 Å². The van der Waals surface area contributed by atoms with E-state index in [2.05, 4.69) is 43.1 Å². The summed E-state index contributed by atoms with van der Waals surface area (Å²) in [4.78, 5) is 50.5. The van der Waals surface area contributed by atoms with Gasteiger partial charge in [-0.1, -0.05) is 23.7 Å². The topological polar surface area (TPSA) is 188 Å². The summed E-state index contributed by atoms with van der Waals surface area (Å²) in [5.41, 5.74) is 2.70. The molecular weight excluding hydrogens is 935 g/mol. The predicted molar refractivity (Wildman–Crippen MR) is 273 cm³/mol. The molecule has 0 aliphatic heterocycles. The van der Waals surface area contributed by atoms with Crippen LogP contribution < -0.4 is 20.0 Å². The summed E-state index contributed by atoms with van der Waals surface area (Å²) in [5, 5.41) is 3.06. The first-order chi connectivity index (χ1) is 33.3. The average molecular weight is 1000 g/mol. The average Bonchev–Trinajstić information content (AvgIpc) is 3.28. The van der Waals surface area contributed by atoms with Gasteiger partial charge in [-0.25, -0.2) is 28.7 Å². The van der Waals surface area contributed by atoms with E-state index >= 15 is 0 Å². The second-order valence-corrected chi connectivity index (χ2v) is 20.1. The fourth-order valence-electron chi connectivity index (χ4n) is 5.50. The Morgan fingerprint density at radius 3 is 1.35 bits per heavy atom. The molecule has 2 heterocycles. The number of amides is 3. The highest BCUT2D eigenvalue weighted by atomic mass is 32.2. The maximum absolute atomic E-state index is 12.8.